The van der Waals surface area contributed by atoms with Crippen molar-refractivity contribution in [3.05, 3.63) is 65.7 Å². The lowest BCUT2D eigenvalue weighted by Crippen LogP contribution is -2.38. The number of anilines is 1. The summed E-state index contributed by atoms with van der Waals surface area (Å²) in [6, 6.07) is 17.2. The van der Waals surface area contributed by atoms with Crippen molar-refractivity contribution in [3.63, 3.8) is 0 Å². The number of nitrogens with one attached hydrogen (secondary N) is 1. The Morgan fingerprint density at radius 1 is 0.960 bits per heavy atom. The molecular formula is C20H24N2O3. The lowest BCUT2D eigenvalue weighted by molar-refractivity contribution is -0.132. The molecule has 2 amide bonds. The molecule has 0 aliphatic heterocycles. The lowest BCUT2D eigenvalue weighted by Gasteiger charge is -2.20. The molecule has 5 nitrogen and oxygen atoms in total. The van der Waals surface area contributed by atoms with Crippen LogP contribution in [0.3, 0.4) is 0 Å². The number of amides is 2. The number of carbonyl (C=O) groups excluding carboxylic acids is 2. The number of hydrogen-bond acceptors (Lipinski definition) is 3. The molecule has 0 unspecified atom stereocenters. The van der Waals surface area contributed by atoms with E-state index in [9.17, 15) is 9.59 Å². The number of benzene rings is 2. The van der Waals surface area contributed by atoms with Gasteiger partial charge in [-0.05, 0) is 36.1 Å². The molecule has 0 fully saturated rings. The third-order valence-electron chi connectivity index (χ3n) is 3.93. The first-order valence-corrected chi connectivity index (χ1v) is 8.37. The maximum Gasteiger partial charge on any atom is 0.243 e. The molecule has 0 bridgehead atoms. The van der Waals surface area contributed by atoms with E-state index in [4.69, 9.17) is 5.11 Å². The molecule has 0 saturated heterocycles. The highest BCUT2D eigenvalue weighted by molar-refractivity contribution is 5.94. The molecule has 0 saturated carbocycles. The molecule has 132 valence electrons. The molecule has 0 aliphatic rings. The van der Waals surface area contributed by atoms with Gasteiger partial charge < -0.3 is 15.3 Å². The first kappa shape index (κ1) is 18.7. The summed E-state index contributed by atoms with van der Waals surface area (Å²) in [7, 11) is 0. The first-order chi connectivity index (χ1) is 12.1. The Labute approximate surface area is 148 Å². The van der Waals surface area contributed by atoms with E-state index in [2.05, 4.69) is 5.32 Å². The van der Waals surface area contributed by atoms with Crippen LogP contribution in [0.15, 0.2) is 54.6 Å². The van der Waals surface area contributed by atoms with Crippen molar-refractivity contribution < 1.29 is 14.7 Å². The van der Waals surface area contributed by atoms with Gasteiger partial charge in [-0.1, -0.05) is 42.5 Å². The summed E-state index contributed by atoms with van der Waals surface area (Å²) in [5.41, 5.74) is 2.82. The van der Waals surface area contributed by atoms with Crippen molar-refractivity contribution in [1.82, 2.24) is 4.90 Å². The minimum absolute atomic E-state index is 0.0283. The summed E-state index contributed by atoms with van der Waals surface area (Å²) >= 11 is 0. The summed E-state index contributed by atoms with van der Waals surface area (Å²) in [5.74, 6) is -0.345. The van der Waals surface area contributed by atoms with E-state index in [1.165, 1.54) is 6.92 Å². The van der Waals surface area contributed by atoms with E-state index in [0.29, 0.717) is 25.1 Å². The van der Waals surface area contributed by atoms with Gasteiger partial charge >= 0.3 is 0 Å². The average molecular weight is 340 g/mol. The van der Waals surface area contributed by atoms with Crippen molar-refractivity contribution >= 4 is 17.5 Å². The van der Waals surface area contributed by atoms with Gasteiger partial charge in [0.2, 0.25) is 11.8 Å². The van der Waals surface area contributed by atoms with Crippen LogP contribution in [0.2, 0.25) is 0 Å². The molecular weight excluding hydrogens is 316 g/mol. The van der Waals surface area contributed by atoms with Crippen LogP contribution in [0.25, 0.3) is 0 Å². The van der Waals surface area contributed by atoms with Gasteiger partial charge in [0.25, 0.3) is 0 Å². The number of rotatable bonds is 8. The quantitative estimate of drug-likeness (QED) is 0.774. The van der Waals surface area contributed by atoms with Gasteiger partial charge in [-0.15, -0.1) is 0 Å². The summed E-state index contributed by atoms with van der Waals surface area (Å²) < 4.78 is 0. The normalized spacial score (nSPS) is 10.3. The van der Waals surface area contributed by atoms with Gasteiger partial charge in [-0.25, -0.2) is 0 Å². The van der Waals surface area contributed by atoms with E-state index in [0.717, 1.165) is 11.1 Å². The molecule has 2 aromatic rings. The predicted molar refractivity (Wildman–Crippen MR) is 98.3 cm³/mol. The third-order valence-corrected chi connectivity index (χ3v) is 3.93. The fraction of sp³-hybridized carbons (Fsp3) is 0.300. The number of carbonyl (C=O) groups is 2. The molecule has 25 heavy (non-hydrogen) atoms. The largest absolute Gasteiger partial charge is 0.396 e. The number of hydrogen-bond donors (Lipinski definition) is 2. The Morgan fingerprint density at radius 2 is 1.60 bits per heavy atom. The van der Waals surface area contributed by atoms with Crippen molar-refractivity contribution in [3.8, 4) is 0 Å². The standard InChI is InChI=1S/C20H24N2O3/c1-16(24)22(13-11-17-5-3-2-4-6-17)15-20(25)21-19-9-7-18(8-10-19)12-14-23/h2-10,23H,11-15H2,1H3,(H,21,25). The van der Waals surface area contributed by atoms with E-state index in [-0.39, 0.29) is 25.0 Å². The Bertz CT molecular complexity index is 684. The summed E-state index contributed by atoms with van der Waals surface area (Å²) in [5, 5.41) is 11.7. The molecule has 0 aromatic heterocycles. The molecule has 2 N–H and O–H groups in total. The molecule has 0 heterocycles. The van der Waals surface area contributed by atoms with Crippen LogP contribution in [0, 0.1) is 0 Å². The van der Waals surface area contributed by atoms with Crippen molar-refractivity contribution in [2.45, 2.75) is 19.8 Å². The Kier molecular flexibility index (Phi) is 7.16. The highest BCUT2D eigenvalue weighted by atomic mass is 16.3. The van der Waals surface area contributed by atoms with E-state index >= 15 is 0 Å². The van der Waals surface area contributed by atoms with Gasteiger partial charge in [0.05, 0.1) is 6.54 Å². The highest BCUT2D eigenvalue weighted by Gasteiger charge is 2.13. The second kappa shape index (κ2) is 9.59. The Balaban J connectivity index is 1.87. The smallest absolute Gasteiger partial charge is 0.243 e. The van der Waals surface area contributed by atoms with Crippen LogP contribution in [0.1, 0.15) is 18.1 Å². The fourth-order valence-corrected chi connectivity index (χ4v) is 2.51. The number of aliphatic hydroxyl groups excluding tert-OH is 1. The molecule has 2 aromatic carbocycles. The maximum atomic E-state index is 12.2. The van der Waals surface area contributed by atoms with E-state index in [1.807, 2.05) is 42.5 Å². The molecule has 0 aliphatic carbocycles. The number of aliphatic hydroxyl groups is 1. The van der Waals surface area contributed by atoms with E-state index < -0.39 is 0 Å². The minimum Gasteiger partial charge on any atom is -0.396 e. The summed E-state index contributed by atoms with van der Waals surface area (Å²) in [6.07, 6.45) is 1.30. The van der Waals surface area contributed by atoms with Crippen LogP contribution in [-0.4, -0.2) is 41.5 Å². The van der Waals surface area contributed by atoms with Crippen LogP contribution in [0.4, 0.5) is 5.69 Å². The van der Waals surface area contributed by atoms with Gasteiger partial charge in [0.15, 0.2) is 0 Å². The highest BCUT2D eigenvalue weighted by Crippen LogP contribution is 2.10. The van der Waals surface area contributed by atoms with Gasteiger partial charge in [0, 0.05) is 25.8 Å². The third kappa shape index (κ3) is 6.39. The SMILES string of the molecule is CC(=O)N(CCc1ccccc1)CC(=O)Nc1ccc(CCO)cc1. The van der Waals surface area contributed by atoms with Crippen LogP contribution in [-0.2, 0) is 22.4 Å². The lowest BCUT2D eigenvalue weighted by atomic mass is 10.1. The fourth-order valence-electron chi connectivity index (χ4n) is 2.51. The van der Waals surface area contributed by atoms with Crippen LogP contribution in [0.5, 0.6) is 0 Å². The van der Waals surface area contributed by atoms with Crippen LogP contribution < -0.4 is 5.32 Å². The summed E-state index contributed by atoms with van der Waals surface area (Å²) in [6.45, 7) is 2.10. The topological polar surface area (TPSA) is 69.6 Å². The summed E-state index contributed by atoms with van der Waals surface area (Å²) in [4.78, 5) is 25.5. The van der Waals surface area contributed by atoms with Crippen molar-refractivity contribution in [2.75, 3.05) is 25.0 Å². The Hall–Kier alpha value is -2.66. The van der Waals surface area contributed by atoms with Gasteiger partial charge in [-0.2, -0.15) is 0 Å². The zero-order chi connectivity index (χ0) is 18.1. The Morgan fingerprint density at radius 3 is 2.20 bits per heavy atom. The van der Waals surface area contributed by atoms with Gasteiger partial charge in [0.1, 0.15) is 0 Å². The second-order valence-electron chi connectivity index (χ2n) is 5.89. The maximum absolute atomic E-state index is 12.2. The second-order valence-corrected chi connectivity index (χ2v) is 5.89. The minimum atomic E-state index is -0.224. The molecule has 0 radical (unpaired) electrons. The van der Waals surface area contributed by atoms with Crippen LogP contribution >= 0.6 is 0 Å². The van der Waals surface area contributed by atoms with Crippen molar-refractivity contribution in [2.24, 2.45) is 0 Å². The zero-order valence-electron chi connectivity index (χ0n) is 14.4. The molecule has 2 rings (SSSR count). The van der Waals surface area contributed by atoms with Crippen molar-refractivity contribution in [1.29, 1.82) is 0 Å². The number of nitrogens with zero attached hydrogens (tertiary/aromatic N) is 1. The van der Waals surface area contributed by atoms with Gasteiger partial charge in [-0.3, -0.25) is 9.59 Å². The molecule has 5 heteroatoms. The van der Waals surface area contributed by atoms with E-state index in [1.54, 1.807) is 17.0 Å². The average Bonchev–Trinajstić information content (AvgIpc) is 2.61. The molecule has 0 atom stereocenters. The zero-order valence-corrected chi connectivity index (χ0v) is 14.4. The monoisotopic (exact) mass is 340 g/mol. The molecule has 0 spiro atoms. The first-order valence-electron chi connectivity index (χ1n) is 8.37. The predicted octanol–water partition coefficient (Wildman–Crippen LogP) is 2.25.